The molecule has 0 aromatic heterocycles. The van der Waals surface area contributed by atoms with Gasteiger partial charge in [-0.2, -0.15) is 0 Å². The van der Waals surface area contributed by atoms with Crippen molar-refractivity contribution >= 4 is 12.0 Å². The van der Waals surface area contributed by atoms with E-state index in [9.17, 15) is 9.59 Å². The maximum Gasteiger partial charge on any atom is 0.323 e. The zero-order valence-electron chi connectivity index (χ0n) is 14.0. The lowest BCUT2D eigenvalue weighted by molar-refractivity contribution is -0.137. The molecule has 1 aliphatic carbocycles. The normalized spacial score (nSPS) is 29.7. The molecule has 0 unspecified atom stereocenters. The SMILES string of the molecule is CCNC1(c2ccccc2)CCC2(CC1)CN(CC(=O)O)C(=O)N2. The number of hydrogen-bond donors (Lipinski definition) is 3. The fourth-order valence-corrected chi connectivity index (χ4v) is 4.18. The van der Waals surface area contributed by atoms with Crippen LogP contribution in [-0.4, -0.2) is 47.2 Å². The minimum absolute atomic E-state index is 0.0633. The van der Waals surface area contributed by atoms with Crippen LogP contribution in [0.25, 0.3) is 0 Å². The first kappa shape index (κ1) is 16.8. The highest BCUT2D eigenvalue weighted by atomic mass is 16.4. The first-order valence-electron chi connectivity index (χ1n) is 8.58. The number of hydrogen-bond acceptors (Lipinski definition) is 3. The van der Waals surface area contributed by atoms with Crippen LogP contribution in [0.1, 0.15) is 38.2 Å². The van der Waals surface area contributed by atoms with Gasteiger partial charge < -0.3 is 20.6 Å². The Labute approximate surface area is 142 Å². The Kier molecular flexibility index (Phi) is 4.49. The first-order chi connectivity index (χ1) is 11.5. The van der Waals surface area contributed by atoms with E-state index in [-0.39, 0.29) is 23.7 Å². The molecule has 1 aromatic carbocycles. The molecule has 1 heterocycles. The minimum atomic E-state index is -0.968. The van der Waals surface area contributed by atoms with Gasteiger partial charge in [-0.3, -0.25) is 4.79 Å². The highest BCUT2D eigenvalue weighted by Gasteiger charge is 2.49. The van der Waals surface area contributed by atoms with Crippen LogP contribution < -0.4 is 10.6 Å². The molecule has 2 aliphatic rings. The van der Waals surface area contributed by atoms with Crippen molar-refractivity contribution in [2.45, 2.75) is 43.7 Å². The van der Waals surface area contributed by atoms with E-state index >= 15 is 0 Å². The summed E-state index contributed by atoms with van der Waals surface area (Å²) in [5, 5.41) is 15.7. The molecule has 3 N–H and O–H groups in total. The van der Waals surface area contributed by atoms with E-state index in [4.69, 9.17) is 5.11 Å². The lowest BCUT2D eigenvalue weighted by Crippen LogP contribution is -2.54. The molecule has 0 radical (unpaired) electrons. The molecule has 1 saturated carbocycles. The second-order valence-electron chi connectivity index (χ2n) is 6.94. The van der Waals surface area contributed by atoms with Gasteiger partial charge in [0.2, 0.25) is 0 Å². The number of nitrogens with one attached hydrogen (secondary N) is 2. The minimum Gasteiger partial charge on any atom is -0.480 e. The van der Waals surface area contributed by atoms with Gasteiger partial charge in [0.25, 0.3) is 0 Å². The summed E-state index contributed by atoms with van der Waals surface area (Å²) in [6, 6.07) is 10.2. The number of carbonyl (C=O) groups is 2. The maximum absolute atomic E-state index is 12.1. The van der Waals surface area contributed by atoms with Gasteiger partial charge in [0, 0.05) is 12.1 Å². The molecule has 130 valence electrons. The van der Waals surface area contributed by atoms with Gasteiger partial charge in [-0.05, 0) is 37.8 Å². The molecule has 1 saturated heterocycles. The number of carboxylic acids is 1. The summed E-state index contributed by atoms with van der Waals surface area (Å²) in [6.45, 7) is 3.25. The highest BCUT2D eigenvalue weighted by molar-refractivity contribution is 5.82. The molecule has 6 heteroatoms. The van der Waals surface area contributed by atoms with Crippen LogP contribution in [0.15, 0.2) is 30.3 Å². The molecular weight excluding hydrogens is 306 g/mol. The van der Waals surface area contributed by atoms with Gasteiger partial charge in [-0.25, -0.2) is 4.79 Å². The van der Waals surface area contributed by atoms with Crippen molar-refractivity contribution in [2.24, 2.45) is 0 Å². The number of carboxylic acid groups (broad SMARTS) is 1. The smallest absolute Gasteiger partial charge is 0.323 e. The molecule has 24 heavy (non-hydrogen) atoms. The lowest BCUT2D eigenvalue weighted by atomic mass is 9.69. The zero-order valence-corrected chi connectivity index (χ0v) is 14.0. The number of urea groups is 1. The third-order valence-electron chi connectivity index (χ3n) is 5.38. The van der Waals surface area contributed by atoms with Gasteiger partial charge in [0.05, 0.1) is 5.54 Å². The summed E-state index contributed by atoms with van der Waals surface area (Å²) < 4.78 is 0. The van der Waals surface area contributed by atoms with Crippen LogP contribution >= 0.6 is 0 Å². The highest BCUT2D eigenvalue weighted by Crippen LogP contribution is 2.43. The van der Waals surface area contributed by atoms with Crippen molar-refractivity contribution in [3.05, 3.63) is 35.9 Å². The molecule has 2 fully saturated rings. The topological polar surface area (TPSA) is 81.7 Å². The van der Waals surface area contributed by atoms with Crippen molar-refractivity contribution in [3.8, 4) is 0 Å². The third-order valence-corrected chi connectivity index (χ3v) is 5.38. The second kappa shape index (κ2) is 6.43. The van der Waals surface area contributed by atoms with Crippen LogP contribution in [0.2, 0.25) is 0 Å². The van der Waals surface area contributed by atoms with Crippen LogP contribution in [0.3, 0.4) is 0 Å². The van der Waals surface area contributed by atoms with Gasteiger partial charge in [-0.15, -0.1) is 0 Å². The van der Waals surface area contributed by atoms with E-state index in [2.05, 4.69) is 41.8 Å². The van der Waals surface area contributed by atoms with E-state index in [1.165, 1.54) is 10.5 Å². The third kappa shape index (κ3) is 3.11. The van der Waals surface area contributed by atoms with E-state index < -0.39 is 5.97 Å². The largest absolute Gasteiger partial charge is 0.480 e. The zero-order chi connectivity index (χ0) is 17.2. The summed E-state index contributed by atoms with van der Waals surface area (Å²) in [6.07, 6.45) is 3.53. The molecule has 1 spiro atoms. The van der Waals surface area contributed by atoms with Crippen molar-refractivity contribution in [2.75, 3.05) is 19.6 Å². The Hall–Kier alpha value is -2.08. The van der Waals surface area contributed by atoms with E-state index in [0.717, 1.165) is 32.2 Å². The number of amides is 2. The van der Waals surface area contributed by atoms with Crippen molar-refractivity contribution in [1.29, 1.82) is 0 Å². The average Bonchev–Trinajstić information content (AvgIpc) is 2.86. The number of rotatable bonds is 5. The summed E-state index contributed by atoms with van der Waals surface area (Å²) >= 11 is 0. The molecule has 3 rings (SSSR count). The summed E-state index contributed by atoms with van der Waals surface area (Å²) in [5.74, 6) is -0.968. The Balaban J connectivity index is 1.74. The van der Waals surface area contributed by atoms with Crippen molar-refractivity contribution in [1.82, 2.24) is 15.5 Å². The summed E-state index contributed by atoms with van der Waals surface area (Å²) in [7, 11) is 0. The Morgan fingerprint density at radius 3 is 2.50 bits per heavy atom. The van der Waals surface area contributed by atoms with E-state index in [0.29, 0.717) is 6.54 Å². The van der Waals surface area contributed by atoms with Gasteiger partial charge >= 0.3 is 12.0 Å². The fraction of sp³-hybridized carbons (Fsp3) is 0.556. The Morgan fingerprint density at radius 2 is 1.92 bits per heavy atom. The number of benzene rings is 1. The van der Waals surface area contributed by atoms with Gasteiger partial charge in [-0.1, -0.05) is 37.3 Å². The average molecular weight is 331 g/mol. The van der Waals surface area contributed by atoms with Crippen LogP contribution in [0.4, 0.5) is 4.79 Å². The molecule has 2 amide bonds. The molecule has 6 nitrogen and oxygen atoms in total. The van der Waals surface area contributed by atoms with E-state index in [1.807, 2.05) is 6.07 Å². The standard InChI is InChI=1S/C18H25N3O3/c1-2-19-18(14-6-4-3-5-7-14)10-8-17(9-11-18)13-21(12-15(22)23)16(24)20-17/h3-7,19H,2,8-13H2,1H3,(H,20,24)(H,22,23). The van der Waals surface area contributed by atoms with Gasteiger partial charge in [0.15, 0.2) is 0 Å². The molecule has 0 bridgehead atoms. The summed E-state index contributed by atoms with van der Waals surface area (Å²) in [5.41, 5.74) is 0.931. The van der Waals surface area contributed by atoms with Crippen LogP contribution in [0, 0.1) is 0 Å². The molecule has 0 atom stereocenters. The fourth-order valence-electron chi connectivity index (χ4n) is 4.18. The van der Waals surface area contributed by atoms with Gasteiger partial charge in [0.1, 0.15) is 6.54 Å². The number of nitrogens with zero attached hydrogens (tertiary/aromatic N) is 1. The number of aliphatic carboxylic acids is 1. The Bertz CT molecular complexity index is 609. The quantitative estimate of drug-likeness (QED) is 0.770. The van der Waals surface area contributed by atoms with Crippen LogP contribution in [0.5, 0.6) is 0 Å². The second-order valence-corrected chi connectivity index (χ2v) is 6.94. The summed E-state index contributed by atoms with van der Waals surface area (Å²) in [4.78, 5) is 24.4. The maximum atomic E-state index is 12.1. The predicted molar refractivity (Wildman–Crippen MR) is 90.7 cm³/mol. The predicted octanol–water partition coefficient (Wildman–Crippen LogP) is 1.91. The molecular formula is C18H25N3O3. The first-order valence-corrected chi connectivity index (χ1v) is 8.58. The van der Waals surface area contributed by atoms with Crippen LogP contribution in [-0.2, 0) is 10.3 Å². The lowest BCUT2D eigenvalue weighted by Gasteiger charge is -2.45. The molecule has 1 aromatic rings. The van der Waals surface area contributed by atoms with Crippen molar-refractivity contribution < 1.29 is 14.7 Å². The monoisotopic (exact) mass is 331 g/mol. The van der Waals surface area contributed by atoms with Crippen molar-refractivity contribution in [3.63, 3.8) is 0 Å². The Morgan fingerprint density at radius 1 is 1.25 bits per heavy atom. The molecule has 1 aliphatic heterocycles. The van der Waals surface area contributed by atoms with E-state index in [1.54, 1.807) is 0 Å². The number of carbonyl (C=O) groups excluding carboxylic acids is 1.